The molecule has 2 aliphatic heterocycles. The maximum absolute atomic E-state index is 14.8. The molecule has 0 amide bonds. The van der Waals surface area contributed by atoms with Crippen molar-refractivity contribution in [3.63, 3.8) is 0 Å². The van der Waals surface area contributed by atoms with Crippen molar-refractivity contribution in [1.29, 1.82) is 0 Å². The van der Waals surface area contributed by atoms with E-state index in [1.54, 1.807) is 0 Å². The Kier molecular flexibility index (Phi) is 5.36. The summed E-state index contributed by atoms with van der Waals surface area (Å²) in [4.78, 5) is 15.6. The van der Waals surface area contributed by atoms with E-state index in [1.165, 1.54) is 19.0 Å². The van der Waals surface area contributed by atoms with Crippen LogP contribution in [0.4, 0.5) is 21.8 Å². The fourth-order valence-electron chi connectivity index (χ4n) is 5.45. The number of piperazine rings is 1. The molecule has 4 aromatic rings. The molecule has 2 saturated heterocycles. The van der Waals surface area contributed by atoms with Gasteiger partial charge in [0.05, 0.1) is 23.6 Å². The fraction of sp³-hybridized carbons (Fsp3) is 0.385. The fourth-order valence-corrected chi connectivity index (χ4v) is 5.45. The zero-order valence-electron chi connectivity index (χ0n) is 20.2. The largest absolute Gasteiger partial charge is 0.367 e. The molecule has 180 valence electrons. The monoisotopic (exact) mass is 472 g/mol. The van der Waals surface area contributed by atoms with E-state index in [4.69, 9.17) is 0 Å². The van der Waals surface area contributed by atoms with Gasteiger partial charge in [-0.1, -0.05) is 19.9 Å². The van der Waals surface area contributed by atoms with Gasteiger partial charge < -0.3 is 15.5 Å². The molecular formula is C26H29FN8. The van der Waals surface area contributed by atoms with E-state index < -0.39 is 5.82 Å². The highest BCUT2D eigenvalue weighted by molar-refractivity contribution is 5.86. The quantitative estimate of drug-likeness (QED) is 0.446. The third-order valence-electron chi connectivity index (χ3n) is 7.01. The summed E-state index contributed by atoms with van der Waals surface area (Å²) in [6, 6.07) is 10.8. The van der Waals surface area contributed by atoms with Gasteiger partial charge in [0, 0.05) is 48.9 Å². The summed E-state index contributed by atoms with van der Waals surface area (Å²) in [7, 11) is 1.94. The summed E-state index contributed by atoms with van der Waals surface area (Å²) in [5.74, 6) is 0.742. The Morgan fingerprint density at radius 3 is 2.57 bits per heavy atom. The number of anilines is 3. The molecule has 5 heterocycles. The Hall–Kier alpha value is -3.59. The predicted molar refractivity (Wildman–Crippen MR) is 135 cm³/mol. The molecule has 2 bridgehead atoms. The van der Waals surface area contributed by atoms with Gasteiger partial charge in [0.25, 0.3) is 0 Å². The maximum atomic E-state index is 14.8. The number of fused-ring (bicyclic) bond motifs is 3. The van der Waals surface area contributed by atoms with Crippen LogP contribution in [0.25, 0.3) is 22.2 Å². The second kappa shape index (κ2) is 8.57. The van der Waals surface area contributed by atoms with Crippen molar-refractivity contribution in [2.24, 2.45) is 7.05 Å². The topological polar surface area (TPSA) is 83.8 Å². The van der Waals surface area contributed by atoms with Crippen LogP contribution in [-0.4, -0.2) is 49.9 Å². The highest BCUT2D eigenvalue weighted by atomic mass is 19.1. The van der Waals surface area contributed by atoms with Crippen molar-refractivity contribution in [3.05, 3.63) is 54.2 Å². The van der Waals surface area contributed by atoms with Crippen molar-refractivity contribution in [3.8, 4) is 11.3 Å². The summed E-state index contributed by atoms with van der Waals surface area (Å²) >= 11 is 0. The molecule has 35 heavy (non-hydrogen) atoms. The van der Waals surface area contributed by atoms with Crippen LogP contribution in [0, 0.1) is 5.82 Å². The first-order valence-corrected chi connectivity index (χ1v) is 12.2. The molecule has 3 aromatic heterocycles. The van der Waals surface area contributed by atoms with Gasteiger partial charge in [0.2, 0.25) is 5.95 Å². The lowest BCUT2D eigenvalue weighted by Gasteiger charge is -2.34. The molecule has 8 nitrogen and oxygen atoms in total. The second-order valence-corrected chi connectivity index (χ2v) is 9.86. The third-order valence-corrected chi connectivity index (χ3v) is 7.01. The first-order valence-electron chi connectivity index (χ1n) is 12.2. The number of aryl methyl sites for hydroxylation is 1. The van der Waals surface area contributed by atoms with Crippen molar-refractivity contribution in [2.75, 3.05) is 23.3 Å². The van der Waals surface area contributed by atoms with Crippen molar-refractivity contribution in [1.82, 2.24) is 30.0 Å². The molecule has 6 rings (SSSR count). The molecule has 2 N–H and O–H groups in total. The van der Waals surface area contributed by atoms with Crippen LogP contribution in [0.2, 0.25) is 0 Å². The normalized spacial score (nSPS) is 19.6. The van der Waals surface area contributed by atoms with Gasteiger partial charge in [0.1, 0.15) is 11.5 Å². The van der Waals surface area contributed by atoms with E-state index in [0.29, 0.717) is 29.4 Å². The maximum Gasteiger partial charge on any atom is 0.229 e. The van der Waals surface area contributed by atoms with E-state index >= 15 is 0 Å². The number of aromatic nitrogens is 5. The Morgan fingerprint density at radius 1 is 1.06 bits per heavy atom. The molecule has 2 atom stereocenters. The van der Waals surface area contributed by atoms with Gasteiger partial charge in [-0.15, -0.1) is 0 Å². The van der Waals surface area contributed by atoms with Crippen LogP contribution < -0.4 is 15.5 Å². The summed E-state index contributed by atoms with van der Waals surface area (Å²) in [6.45, 7) is 6.27. The van der Waals surface area contributed by atoms with Gasteiger partial charge in [-0.2, -0.15) is 5.10 Å². The SMILES string of the molecule is CC(C)c1c2cc(-c3nc(Nc4ccc(N5CC6CCC(C5)N6)cn4)ncc3F)ccc2nn1C. The van der Waals surface area contributed by atoms with Gasteiger partial charge in [0.15, 0.2) is 5.82 Å². The smallest absolute Gasteiger partial charge is 0.229 e. The molecule has 2 fully saturated rings. The predicted octanol–water partition coefficient (Wildman–Crippen LogP) is 4.37. The lowest BCUT2D eigenvalue weighted by molar-refractivity contribution is 0.465. The standard InChI is InChI=1S/C26H29FN8/c1-15(2)25-20-10-16(4-8-22(20)33-34(25)3)24-21(27)12-29-26(32-24)31-23-9-7-19(11-28-23)35-13-17-5-6-18(14-35)30-17/h4,7-12,15,17-18,30H,5-6,13-14H2,1-3H3,(H,28,29,31,32). The molecule has 2 unspecified atom stereocenters. The third kappa shape index (κ3) is 4.10. The molecule has 0 radical (unpaired) electrons. The van der Waals surface area contributed by atoms with Crippen LogP contribution >= 0.6 is 0 Å². The van der Waals surface area contributed by atoms with E-state index in [0.717, 1.165) is 35.4 Å². The Balaban J connectivity index is 1.25. The van der Waals surface area contributed by atoms with Gasteiger partial charge in [-0.3, -0.25) is 4.68 Å². The molecular weight excluding hydrogens is 443 g/mol. The lowest BCUT2D eigenvalue weighted by Crippen LogP contribution is -2.51. The van der Waals surface area contributed by atoms with Gasteiger partial charge in [-0.05, 0) is 43.0 Å². The van der Waals surface area contributed by atoms with Crippen LogP contribution in [0.1, 0.15) is 38.3 Å². The Bertz CT molecular complexity index is 1370. The zero-order valence-corrected chi connectivity index (χ0v) is 20.2. The average molecular weight is 473 g/mol. The minimum atomic E-state index is -0.471. The Labute approximate surface area is 203 Å². The molecule has 0 aliphatic carbocycles. The first kappa shape index (κ1) is 21.9. The van der Waals surface area contributed by atoms with Crippen molar-refractivity contribution >= 4 is 28.4 Å². The summed E-state index contributed by atoms with van der Waals surface area (Å²) in [6.07, 6.45) is 5.56. The number of pyridine rings is 1. The lowest BCUT2D eigenvalue weighted by atomic mass is 10.0. The van der Waals surface area contributed by atoms with Crippen LogP contribution in [0.15, 0.2) is 42.7 Å². The minimum absolute atomic E-state index is 0.246. The van der Waals surface area contributed by atoms with Crippen LogP contribution in [0.5, 0.6) is 0 Å². The van der Waals surface area contributed by atoms with Gasteiger partial charge in [-0.25, -0.2) is 19.3 Å². The summed E-state index contributed by atoms with van der Waals surface area (Å²) in [5.41, 5.74) is 4.04. The van der Waals surface area contributed by atoms with E-state index in [-0.39, 0.29) is 11.6 Å². The zero-order chi connectivity index (χ0) is 24.1. The highest BCUT2D eigenvalue weighted by Gasteiger charge is 2.32. The second-order valence-electron chi connectivity index (χ2n) is 9.86. The van der Waals surface area contributed by atoms with Crippen molar-refractivity contribution in [2.45, 2.75) is 44.7 Å². The molecule has 2 aliphatic rings. The van der Waals surface area contributed by atoms with Crippen LogP contribution in [-0.2, 0) is 7.05 Å². The first-order chi connectivity index (χ1) is 16.9. The minimum Gasteiger partial charge on any atom is -0.367 e. The van der Waals surface area contributed by atoms with E-state index in [1.807, 2.05) is 42.2 Å². The number of nitrogens with one attached hydrogen (secondary N) is 2. The highest BCUT2D eigenvalue weighted by Crippen LogP contribution is 2.31. The summed E-state index contributed by atoms with van der Waals surface area (Å²) < 4.78 is 16.7. The van der Waals surface area contributed by atoms with E-state index in [2.05, 4.69) is 55.5 Å². The molecule has 0 saturated carbocycles. The van der Waals surface area contributed by atoms with Gasteiger partial charge >= 0.3 is 0 Å². The Morgan fingerprint density at radius 2 is 1.86 bits per heavy atom. The summed E-state index contributed by atoms with van der Waals surface area (Å²) in [5, 5.41) is 12.4. The molecule has 9 heteroatoms. The number of nitrogens with zero attached hydrogens (tertiary/aromatic N) is 6. The number of hydrogen-bond acceptors (Lipinski definition) is 7. The molecule has 0 spiro atoms. The number of halogens is 1. The average Bonchev–Trinajstić information content (AvgIpc) is 3.37. The van der Waals surface area contributed by atoms with Crippen molar-refractivity contribution < 1.29 is 4.39 Å². The van der Waals surface area contributed by atoms with Crippen LogP contribution in [0.3, 0.4) is 0 Å². The molecule has 1 aromatic carbocycles. The van der Waals surface area contributed by atoms with E-state index in [9.17, 15) is 4.39 Å². The number of benzene rings is 1. The number of hydrogen-bond donors (Lipinski definition) is 2. The number of rotatable bonds is 5.